The number of rotatable bonds is 0. The van der Waals surface area contributed by atoms with Crippen LogP contribution >= 0.6 is 0 Å². The Morgan fingerprint density at radius 1 is 1.31 bits per heavy atom. The first kappa shape index (κ1) is 8.38. The van der Waals surface area contributed by atoms with E-state index in [1.165, 1.54) is 6.07 Å². The van der Waals surface area contributed by atoms with Gasteiger partial charge in [0.15, 0.2) is 11.5 Å². The molecule has 1 aliphatic rings. The van der Waals surface area contributed by atoms with Crippen LogP contribution in [0.1, 0.15) is 17.5 Å². The van der Waals surface area contributed by atoms with Gasteiger partial charge in [-0.25, -0.2) is 0 Å². The van der Waals surface area contributed by atoms with Crippen molar-refractivity contribution in [2.45, 2.75) is 25.3 Å². The molecule has 1 aromatic rings. The molecule has 0 saturated carbocycles. The molecule has 4 N–H and O–H groups in total. The zero-order valence-corrected chi connectivity index (χ0v) is 7.33. The van der Waals surface area contributed by atoms with E-state index in [-0.39, 0.29) is 17.5 Å². The van der Waals surface area contributed by atoms with Crippen LogP contribution in [-0.4, -0.2) is 16.3 Å². The van der Waals surface area contributed by atoms with E-state index in [1.807, 2.05) is 6.07 Å². The fourth-order valence-electron chi connectivity index (χ4n) is 1.83. The van der Waals surface area contributed by atoms with E-state index in [2.05, 4.69) is 0 Å². The van der Waals surface area contributed by atoms with Gasteiger partial charge in [0.05, 0.1) is 0 Å². The molecule has 0 aliphatic heterocycles. The van der Waals surface area contributed by atoms with Crippen LogP contribution in [0.15, 0.2) is 12.1 Å². The van der Waals surface area contributed by atoms with Gasteiger partial charge < -0.3 is 15.9 Å². The molecule has 0 spiro atoms. The SMILES string of the molecule is N[C@H]1CCc2ccc(O)c(O)c2C1. The predicted octanol–water partition coefficient (Wildman–Crippen LogP) is 0.914. The molecule has 0 fully saturated rings. The quantitative estimate of drug-likeness (QED) is 0.519. The maximum Gasteiger partial charge on any atom is 0.161 e. The van der Waals surface area contributed by atoms with Crippen LogP contribution in [0, 0.1) is 0 Å². The molecule has 0 heterocycles. The van der Waals surface area contributed by atoms with Gasteiger partial charge in [-0.15, -0.1) is 0 Å². The summed E-state index contributed by atoms with van der Waals surface area (Å²) in [7, 11) is 0. The van der Waals surface area contributed by atoms with E-state index >= 15 is 0 Å². The number of aryl methyl sites for hydroxylation is 1. The number of benzene rings is 1. The molecule has 13 heavy (non-hydrogen) atoms. The number of hydrogen-bond donors (Lipinski definition) is 3. The minimum Gasteiger partial charge on any atom is -0.504 e. The lowest BCUT2D eigenvalue weighted by atomic mass is 9.88. The molecule has 0 amide bonds. The van der Waals surface area contributed by atoms with E-state index in [4.69, 9.17) is 5.73 Å². The number of hydrogen-bond acceptors (Lipinski definition) is 3. The van der Waals surface area contributed by atoms with E-state index in [0.717, 1.165) is 24.0 Å². The molecule has 0 radical (unpaired) electrons. The normalized spacial score (nSPS) is 21.2. The van der Waals surface area contributed by atoms with Gasteiger partial charge >= 0.3 is 0 Å². The zero-order valence-electron chi connectivity index (χ0n) is 7.33. The fraction of sp³-hybridized carbons (Fsp3) is 0.400. The minimum atomic E-state index is -0.0483. The highest BCUT2D eigenvalue weighted by Gasteiger charge is 2.19. The molecular weight excluding hydrogens is 166 g/mol. The summed E-state index contributed by atoms with van der Waals surface area (Å²) >= 11 is 0. The lowest BCUT2D eigenvalue weighted by molar-refractivity contribution is 0.393. The van der Waals surface area contributed by atoms with Gasteiger partial charge in [0.2, 0.25) is 0 Å². The van der Waals surface area contributed by atoms with Crippen LogP contribution < -0.4 is 5.73 Å². The Labute approximate surface area is 76.8 Å². The van der Waals surface area contributed by atoms with Crippen molar-refractivity contribution >= 4 is 0 Å². The van der Waals surface area contributed by atoms with E-state index in [1.54, 1.807) is 0 Å². The van der Waals surface area contributed by atoms with E-state index in [0.29, 0.717) is 6.42 Å². The number of phenols is 2. The van der Waals surface area contributed by atoms with Gasteiger partial charge in [0.25, 0.3) is 0 Å². The second kappa shape index (κ2) is 2.92. The molecule has 2 rings (SSSR count). The Hall–Kier alpha value is -1.22. The summed E-state index contributed by atoms with van der Waals surface area (Å²) in [4.78, 5) is 0. The first-order valence-electron chi connectivity index (χ1n) is 4.46. The van der Waals surface area contributed by atoms with Crippen molar-refractivity contribution < 1.29 is 10.2 Å². The maximum absolute atomic E-state index is 9.56. The molecule has 70 valence electrons. The molecule has 3 nitrogen and oxygen atoms in total. The smallest absolute Gasteiger partial charge is 0.161 e. The molecule has 1 atom stereocenters. The third kappa shape index (κ3) is 1.35. The van der Waals surface area contributed by atoms with Crippen molar-refractivity contribution in [3.63, 3.8) is 0 Å². The highest BCUT2D eigenvalue weighted by atomic mass is 16.3. The lowest BCUT2D eigenvalue weighted by Gasteiger charge is -2.22. The van der Waals surface area contributed by atoms with Gasteiger partial charge in [-0.3, -0.25) is 0 Å². The fourth-order valence-corrected chi connectivity index (χ4v) is 1.83. The number of nitrogens with two attached hydrogens (primary N) is 1. The van der Waals surface area contributed by atoms with Crippen LogP contribution in [0.4, 0.5) is 0 Å². The number of phenolic OH excluding ortho intramolecular Hbond substituents is 2. The first-order chi connectivity index (χ1) is 6.18. The van der Waals surface area contributed by atoms with Crippen molar-refractivity contribution in [3.05, 3.63) is 23.3 Å². The number of aromatic hydroxyl groups is 2. The van der Waals surface area contributed by atoms with Crippen LogP contribution in [0.5, 0.6) is 11.5 Å². The number of fused-ring (bicyclic) bond motifs is 1. The first-order valence-corrected chi connectivity index (χ1v) is 4.46. The standard InChI is InChI=1S/C10H13NO2/c11-7-3-1-6-2-4-9(12)10(13)8(6)5-7/h2,4,7,12-13H,1,3,5,11H2/t7-/m0/s1. The average molecular weight is 179 g/mol. The van der Waals surface area contributed by atoms with Gasteiger partial charge in [-0.2, -0.15) is 0 Å². The highest BCUT2D eigenvalue weighted by molar-refractivity contribution is 5.50. The molecule has 3 heteroatoms. The monoisotopic (exact) mass is 179 g/mol. The van der Waals surface area contributed by atoms with Crippen LogP contribution in [-0.2, 0) is 12.8 Å². The van der Waals surface area contributed by atoms with E-state index < -0.39 is 0 Å². The second-order valence-electron chi connectivity index (χ2n) is 3.57. The average Bonchev–Trinajstić information content (AvgIpc) is 2.12. The molecule has 0 aromatic heterocycles. The predicted molar refractivity (Wildman–Crippen MR) is 49.8 cm³/mol. The second-order valence-corrected chi connectivity index (χ2v) is 3.57. The van der Waals surface area contributed by atoms with Crippen molar-refractivity contribution in [1.82, 2.24) is 0 Å². The Bertz CT molecular complexity index is 336. The van der Waals surface area contributed by atoms with Crippen molar-refractivity contribution in [2.75, 3.05) is 0 Å². The molecule has 0 saturated heterocycles. The third-order valence-corrected chi connectivity index (χ3v) is 2.61. The maximum atomic E-state index is 9.56. The summed E-state index contributed by atoms with van der Waals surface area (Å²) in [5.41, 5.74) is 7.70. The van der Waals surface area contributed by atoms with Gasteiger partial charge in [0, 0.05) is 11.6 Å². The van der Waals surface area contributed by atoms with Crippen LogP contribution in [0.25, 0.3) is 0 Å². The minimum absolute atomic E-state index is 0.00708. The Morgan fingerprint density at radius 3 is 2.85 bits per heavy atom. The van der Waals surface area contributed by atoms with Crippen LogP contribution in [0.3, 0.4) is 0 Å². The summed E-state index contributed by atoms with van der Waals surface area (Å²) in [5.74, 6) is -0.0412. The van der Waals surface area contributed by atoms with Crippen molar-refractivity contribution in [3.8, 4) is 11.5 Å². The molecule has 1 aliphatic carbocycles. The molecule has 0 bridgehead atoms. The topological polar surface area (TPSA) is 66.5 Å². The Kier molecular flexibility index (Phi) is 1.88. The molecular formula is C10H13NO2. The van der Waals surface area contributed by atoms with Gasteiger partial charge in [0.1, 0.15) is 0 Å². The Balaban J connectivity index is 2.48. The largest absolute Gasteiger partial charge is 0.504 e. The lowest BCUT2D eigenvalue weighted by Crippen LogP contribution is -2.27. The van der Waals surface area contributed by atoms with Crippen molar-refractivity contribution in [1.29, 1.82) is 0 Å². The highest BCUT2D eigenvalue weighted by Crippen LogP contribution is 2.35. The molecule has 1 aromatic carbocycles. The van der Waals surface area contributed by atoms with Gasteiger partial charge in [-0.05, 0) is 30.9 Å². The summed E-state index contributed by atoms with van der Waals surface area (Å²) in [6.45, 7) is 0. The van der Waals surface area contributed by atoms with E-state index in [9.17, 15) is 10.2 Å². The summed E-state index contributed by atoms with van der Waals surface area (Å²) < 4.78 is 0. The summed E-state index contributed by atoms with van der Waals surface area (Å²) in [5, 5.41) is 18.8. The summed E-state index contributed by atoms with van der Waals surface area (Å²) in [6.07, 6.45) is 2.51. The third-order valence-electron chi connectivity index (χ3n) is 2.61. The zero-order chi connectivity index (χ0) is 9.42. The van der Waals surface area contributed by atoms with Crippen LogP contribution in [0.2, 0.25) is 0 Å². The van der Waals surface area contributed by atoms with Crippen molar-refractivity contribution in [2.24, 2.45) is 5.73 Å². The summed E-state index contributed by atoms with van der Waals surface area (Å²) in [6, 6.07) is 3.50. The molecule has 0 unspecified atom stereocenters. The Morgan fingerprint density at radius 2 is 2.08 bits per heavy atom. The van der Waals surface area contributed by atoms with Gasteiger partial charge in [-0.1, -0.05) is 6.07 Å².